The summed E-state index contributed by atoms with van der Waals surface area (Å²) in [6.45, 7) is 16.4. The number of likely N-dealkylation sites (N-methyl/N-ethyl adjacent to an activating group) is 1. The van der Waals surface area contributed by atoms with Gasteiger partial charge in [0, 0.05) is 56.1 Å². The maximum Gasteiger partial charge on any atom is 0.355 e. The Morgan fingerprint density at radius 3 is 2.44 bits per heavy atom. The van der Waals surface area contributed by atoms with E-state index in [1.54, 1.807) is 11.3 Å². The number of carboxylic acids is 1. The quantitative estimate of drug-likeness (QED) is 0.109. The largest absolute Gasteiger partial charge is 0.476 e. The molecule has 1 aliphatic heterocycles. The van der Waals surface area contributed by atoms with Crippen molar-refractivity contribution >= 4 is 44.3 Å². The molecule has 5 aliphatic rings. The standard InChI is InChI=1S/C43H54N10O3S/c1-28-18-30(49-50-37(28)48-39-46-33-8-6-7-9-34(33)57-39)19-44-35-11-10-31(36(47-35)38(54)55)32-20-45-53(29(32)2)27-42-22-40(3)21-41(4,23-42)25-43(24-40,26-42)56-17-16-52-14-12-51(5)13-15-52/h6-11,18,20H,12-17,19,21-27H2,1-5H3,(H,44,47)(H,54,55)(H,46,48,50). The molecule has 14 heteroatoms. The molecule has 3 N–H and O–H groups in total. The molecule has 10 rings (SSSR count). The first-order chi connectivity index (χ1) is 27.3. The zero-order valence-corrected chi connectivity index (χ0v) is 34.6. The molecule has 13 nitrogen and oxygen atoms in total. The van der Waals surface area contributed by atoms with Crippen LogP contribution in [0.4, 0.5) is 16.8 Å². The Balaban J connectivity index is 0.882. The number of hydrogen-bond acceptors (Lipinski definition) is 12. The molecule has 4 aliphatic carbocycles. The SMILES string of the molecule is Cc1cc(CNc2ccc(-c3cnn(CC45CC6(C)CC(C)(C4)CC(OCCN4CCN(C)CC4)(C6)C5)c3C)c(C(=O)O)n2)nnc1Nc1nc2ccccc2s1. The van der Waals surface area contributed by atoms with E-state index in [1.807, 2.05) is 55.6 Å². The van der Waals surface area contributed by atoms with Crippen molar-refractivity contribution in [3.63, 3.8) is 0 Å². The first-order valence-electron chi connectivity index (χ1n) is 20.3. The van der Waals surface area contributed by atoms with Gasteiger partial charge in [-0.2, -0.15) is 10.2 Å². The van der Waals surface area contributed by atoms with Gasteiger partial charge in [0.25, 0.3) is 0 Å². The zero-order chi connectivity index (χ0) is 39.6. The predicted octanol–water partition coefficient (Wildman–Crippen LogP) is 7.40. The third kappa shape index (κ3) is 7.64. The van der Waals surface area contributed by atoms with Crippen LogP contribution in [0.25, 0.3) is 21.3 Å². The number of aromatic carboxylic acids is 1. The summed E-state index contributed by atoms with van der Waals surface area (Å²) in [6.07, 6.45) is 8.74. The normalized spacial score (nSPS) is 27.3. The molecular formula is C43H54N10O3S. The van der Waals surface area contributed by atoms with Crippen molar-refractivity contribution < 1.29 is 14.6 Å². The highest BCUT2D eigenvalue weighted by Gasteiger charge is 2.66. The molecule has 57 heavy (non-hydrogen) atoms. The lowest BCUT2D eigenvalue weighted by atomic mass is 9.39. The number of ether oxygens (including phenoxy) is 1. The van der Waals surface area contributed by atoms with Crippen molar-refractivity contribution in [2.75, 3.05) is 57.0 Å². The van der Waals surface area contributed by atoms with Crippen LogP contribution < -0.4 is 10.6 Å². The highest BCUT2D eigenvalue weighted by molar-refractivity contribution is 7.22. The number of pyridine rings is 1. The van der Waals surface area contributed by atoms with Gasteiger partial charge in [-0.3, -0.25) is 9.58 Å². The summed E-state index contributed by atoms with van der Waals surface area (Å²) < 4.78 is 10.3. The second kappa shape index (κ2) is 14.4. The van der Waals surface area contributed by atoms with Crippen LogP contribution in [0.1, 0.15) is 79.8 Å². The van der Waals surface area contributed by atoms with Gasteiger partial charge in [-0.25, -0.2) is 14.8 Å². The van der Waals surface area contributed by atoms with E-state index in [-0.39, 0.29) is 27.5 Å². The van der Waals surface area contributed by atoms with Gasteiger partial charge in [0.2, 0.25) is 0 Å². The van der Waals surface area contributed by atoms with Crippen molar-refractivity contribution in [1.29, 1.82) is 0 Å². The number of benzene rings is 1. The molecule has 4 saturated carbocycles. The summed E-state index contributed by atoms with van der Waals surface area (Å²) in [5.41, 5.74) is 5.33. The van der Waals surface area contributed by atoms with Gasteiger partial charge in [0.05, 0.1) is 40.9 Å². The van der Waals surface area contributed by atoms with Crippen molar-refractivity contribution in [1.82, 2.24) is 39.7 Å². The third-order valence-electron chi connectivity index (χ3n) is 13.0. The first kappa shape index (κ1) is 38.0. The summed E-state index contributed by atoms with van der Waals surface area (Å²) >= 11 is 1.57. The summed E-state index contributed by atoms with van der Waals surface area (Å²) in [4.78, 5) is 26.8. The second-order valence-electron chi connectivity index (χ2n) is 18.4. The van der Waals surface area contributed by atoms with E-state index in [2.05, 4.69) is 73.1 Å². The van der Waals surface area contributed by atoms with Crippen LogP contribution in [0.5, 0.6) is 0 Å². The van der Waals surface area contributed by atoms with Gasteiger partial charge in [-0.1, -0.05) is 37.3 Å². The number of piperazine rings is 1. The topological polar surface area (TPSA) is 146 Å². The summed E-state index contributed by atoms with van der Waals surface area (Å²) in [6, 6.07) is 13.6. The number of anilines is 3. The van der Waals surface area contributed by atoms with Gasteiger partial charge in [-0.15, -0.1) is 5.10 Å². The Morgan fingerprint density at radius 1 is 0.930 bits per heavy atom. The van der Waals surface area contributed by atoms with Crippen molar-refractivity contribution in [3.8, 4) is 11.1 Å². The summed E-state index contributed by atoms with van der Waals surface area (Å²) in [5, 5.41) is 31.4. The van der Waals surface area contributed by atoms with Crippen LogP contribution in [-0.2, 0) is 17.8 Å². The number of fused-ring (bicyclic) bond motifs is 1. The molecule has 4 aromatic heterocycles. The zero-order valence-electron chi connectivity index (χ0n) is 33.8. The van der Waals surface area contributed by atoms with Crippen molar-refractivity contribution in [2.45, 2.75) is 84.9 Å². The molecule has 5 heterocycles. The molecule has 0 radical (unpaired) electrons. The molecule has 2 atom stereocenters. The maximum atomic E-state index is 12.7. The number of rotatable bonds is 13. The third-order valence-corrected chi connectivity index (χ3v) is 14.0. The molecule has 4 bridgehead atoms. The minimum atomic E-state index is -1.08. The minimum absolute atomic E-state index is 0.0113. The van der Waals surface area contributed by atoms with Gasteiger partial charge in [0.15, 0.2) is 16.6 Å². The number of carboxylic acid groups (broad SMARTS) is 1. The lowest BCUT2D eigenvalue weighted by molar-refractivity contribution is -0.249. The number of nitrogens with zero attached hydrogens (tertiary/aromatic N) is 8. The fourth-order valence-corrected chi connectivity index (χ4v) is 12.6. The average Bonchev–Trinajstić information content (AvgIpc) is 3.72. The van der Waals surface area contributed by atoms with E-state index in [4.69, 9.17) is 9.84 Å². The number of carbonyl (C=O) groups is 1. The van der Waals surface area contributed by atoms with Crippen LogP contribution in [0, 0.1) is 30.1 Å². The molecule has 2 unspecified atom stereocenters. The fraction of sp³-hybridized carbons (Fsp3) is 0.535. The Kier molecular flexibility index (Phi) is 9.61. The van der Waals surface area contributed by atoms with Crippen LogP contribution in [0.3, 0.4) is 0 Å². The highest BCUT2D eigenvalue weighted by atomic mass is 32.1. The van der Waals surface area contributed by atoms with Gasteiger partial charge in [-0.05, 0) is 112 Å². The molecular weight excluding hydrogens is 737 g/mol. The van der Waals surface area contributed by atoms with Crippen LogP contribution >= 0.6 is 11.3 Å². The molecule has 0 amide bonds. The number of hydrogen-bond donors (Lipinski definition) is 3. The number of thiazole rings is 1. The van der Waals surface area contributed by atoms with Crippen LogP contribution in [-0.4, -0.2) is 103 Å². The van der Waals surface area contributed by atoms with E-state index in [9.17, 15) is 9.90 Å². The van der Waals surface area contributed by atoms with Crippen molar-refractivity contribution in [3.05, 3.63) is 71.3 Å². The number of aromatic nitrogens is 6. The van der Waals surface area contributed by atoms with Crippen molar-refractivity contribution in [2.24, 2.45) is 16.2 Å². The molecule has 0 spiro atoms. The number of aryl methyl sites for hydroxylation is 1. The van der Waals surface area contributed by atoms with E-state index in [1.165, 1.54) is 19.3 Å². The van der Waals surface area contributed by atoms with Gasteiger partial charge >= 0.3 is 5.97 Å². The predicted molar refractivity (Wildman–Crippen MR) is 223 cm³/mol. The summed E-state index contributed by atoms with van der Waals surface area (Å²) in [7, 11) is 2.20. The van der Waals surface area contributed by atoms with Crippen LogP contribution in [0.2, 0.25) is 0 Å². The molecule has 5 fully saturated rings. The van der Waals surface area contributed by atoms with E-state index >= 15 is 0 Å². The molecule has 300 valence electrons. The lowest BCUT2D eigenvalue weighted by Crippen LogP contribution is -2.64. The monoisotopic (exact) mass is 790 g/mol. The second-order valence-corrected chi connectivity index (χ2v) is 19.4. The van der Waals surface area contributed by atoms with E-state index in [0.717, 1.165) is 97.3 Å². The van der Waals surface area contributed by atoms with Crippen LogP contribution in [0.15, 0.2) is 48.7 Å². The van der Waals surface area contributed by atoms with Gasteiger partial charge < -0.3 is 25.4 Å². The summed E-state index contributed by atoms with van der Waals surface area (Å²) in [5.74, 6) is 0.00474. The Labute approximate surface area is 338 Å². The highest BCUT2D eigenvalue weighted by Crippen LogP contribution is 2.72. The van der Waals surface area contributed by atoms with E-state index < -0.39 is 5.97 Å². The fourth-order valence-electron chi connectivity index (χ4n) is 11.7. The molecule has 1 saturated heterocycles. The average molecular weight is 791 g/mol. The number of para-hydroxylation sites is 1. The van der Waals surface area contributed by atoms with E-state index in [0.29, 0.717) is 29.4 Å². The smallest absolute Gasteiger partial charge is 0.355 e. The molecule has 5 aromatic rings. The number of nitrogens with one attached hydrogen (secondary N) is 2. The lowest BCUT2D eigenvalue weighted by Gasteiger charge is -2.69. The molecule has 1 aromatic carbocycles. The first-order valence-corrected chi connectivity index (χ1v) is 21.1. The Hall–Kier alpha value is -4.50. The Morgan fingerprint density at radius 2 is 1.70 bits per heavy atom. The van der Waals surface area contributed by atoms with Gasteiger partial charge in [0.1, 0.15) is 5.82 Å². The maximum absolute atomic E-state index is 12.7. The Bertz CT molecular complexity index is 2260. The minimum Gasteiger partial charge on any atom is -0.476 e.